The molecule has 134 valence electrons. The molecule has 1 aliphatic rings. The average molecular weight is 456 g/mol. The van der Waals surface area contributed by atoms with E-state index in [1.54, 1.807) is 35.2 Å². The van der Waals surface area contributed by atoms with Crippen LogP contribution in [0.4, 0.5) is 0 Å². The lowest BCUT2D eigenvalue weighted by atomic mass is 10.1. The number of nitrogens with zero attached hydrogens (tertiary/aromatic N) is 2. The van der Waals surface area contributed by atoms with Gasteiger partial charge in [-0.2, -0.15) is 0 Å². The van der Waals surface area contributed by atoms with Crippen LogP contribution in [0.2, 0.25) is 10.0 Å². The quantitative estimate of drug-likeness (QED) is 0.508. The number of carbonyl (C=O) groups is 1. The standard InChI is InChI=1S/C18H13BrCl2N2O3/c19-16-12(20)7-11(8-13(16)21)17-22-14-9-10(1-2-15(14)26-17)18(24)23-3-5-25-6-4-23/h1-2,7-9H,3-6H2. The Hall–Kier alpha value is -1.60. The molecule has 3 aromatic rings. The maximum absolute atomic E-state index is 12.6. The van der Waals surface area contributed by atoms with Crippen LogP contribution in [0.3, 0.4) is 0 Å². The lowest BCUT2D eigenvalue weighted by Gasteiger charge is -2.26. The van der Waals surface area contributed by atoms with Gasteiger partial charge in [-0.05, 0) is 46.3 Å². The van der Waals surface area contributed by atoms with Crippen LogP contribution >= 0.6 is 39.1 Å². The molecule has 0 saturated carbocycles. The smallest absolute Gasteiger partial charge is 0.254 e. The molecule has 1 fully saturated rings. The van der Waals surface area contributed by atoms with E-state index in [4.69, 9.17) is 32.4 Å². The first-order valence-electron chi connectivity index (χ1n) is 7.95. The van der Waals surface area contributed by atoms with Crippen molar-refractivity contribution in [3.05, 3.63) is 50.4 Å². The summed E-state index contributed by atoms with van der Waals surface area (Å²) in [6.07, 6.45) is 0. The number of fused-ring (bicyclic) bond motifs is 1. The zero-order valence-electron chi connectivity index (χ0n) is 13.5. The molecule has 0 spiro atoms. The van der Waals surface area contributed by atoms with Crippen LogP contribution in [-0.2, 0) is 4.74 Å². The number of ether oxygens (including phenoxy) is 1. The van der Waals surface area contributed by atoms with Gasteiger partial charge in [-0.3, -0.25) is 4.79 Å². The van der Waals surface area contributed by atoms with Gasteiger partial charge in [0.05, 0.1) is 27.7 Å². The predicted molar refractivity (Wildman–Crippen MR) is 104 cm³/mol. The van der Waals surface area contributed by atoms with E-state index in [0.717, 1.165) is 0 Å². The second kappa shape index (κ2) is 7.19. The highest BCUT2D eigenvalue weighted by atomic mass is 79.9. The van der Waals surface area contributed by atoms with Crippen LogP contribution in [0.1, 0.15) is 10.4 Å². The minimum atomic E-state index is -0.0329. The van der Waals surface area contributed by atoms with Gasteiger partial charge in [0.25, 0.3) is 5.91 Å². The molecule has 5 nitrogen and oxygen atoms in total. The molecule has 0 radical (unpaired) electrons. The summed E-state index contributed by atoms with van der Waals surface area (Å²) in [5.74, 6) is 0.363. The molecule has 0 aliphatic carbocycles. The van der Waals surface area contributed by atoms with Crippen molar-refractivity contribution >= 4 is 56.1 Å². The molecule has 2 heterocycles. The van der Waals surface area contributed by atoms with Crippen molar-refractivity contribution in [3.63, 3.8) is 0 Å². The average Bonchev–Trinajstić information content (AvgIpc) is 3.09. The Bertz CT molecular complexity index is 976. The van der Waals surface area contributed by atoms with Crippen molar-refractivity contribution in [1.82, 2.24) is 9.88 Å². The molecule has 1 amide bonds. The number of carbonyl (C=O) groups excluding carboxylic acids is 1. The molecule has 1 aliphatic heterocycles. The highest BCUT2D eigenvalue weighted by molar-refractivity contribution is 9.10. The highest BCUT2D eigenvalue weighted by Crippen LogP contribution is 2.36. The summed E-state index contributed by atoms with van der Waals surface area (Å²) in [6, 6.07) is 8.68. The molecule has 0 bridgehead atoms. The number of oxazole rings is 1. The lowest BCUT2D eigenvalue weighted by molar-refractivity contribution is 0.0303. The molecule has 0 atom stereocenters. The van der Waals surface area contributed by atoms with E-state index in [2.05, 4.69) is 20.9 Å². The number of halogens is 3. The topological polar surface area (TPSA) is 55.6 Å². The van der Waals surface area contributed by atoms with Gasteiger partial charge in [0.1, 0.15) is 5.52 Å². The first kappa shape index (κ1) is 17.8. The summed E-state index contributed by atoms with van der Waals surface area (Å²) >= 11 is 15.6. The van der Waals surface area contributed by atoms with E-state index < -0.39 is 0 Å². The minimum absolute atomic E-state index is 0.0329. The van der Waals surface area contributed by atoms with Crippen LogP contribution in [0.5, 0.6) is 0 Å². The van der Waals surface area contributed by atoms with Crippen molar-refractivity contribution < 1.29 is 13.9 Å². The first-order valence-corrected chi connectivity index (χ1v) is 9.50. The zero-order chi connectivity index (χ0) is 18.3. The Morgan fingerprint density at radius 1 is 1.12 bits per heavy atom. The number of hydrogen-bond donors (Lipinski definition) is 0. The molecule has 1 saturated heterocycles. The summed E-state index contributed by atoms with van der Waals surface area (Å²) < 4.78 is 11.7. The Morgan fingerprint density at radius 3 is 2.50 bits per heavy atom. The van der Waals surface area contributed by atoms with E-state index in [9.17, 15) is 4.79 Å². The highest BCUT2D eigenvalue weighted by Gasteiger charge is 2.20. The predicted octanol–water partition coefficient (Wildman–Crippen LogP) is 5.04. The zero-order valence-corrected chi connectivity index (χ0v) is 16.6. The fraction of sp³-hybridized carbons (Fsp3) is 0.222. The molecule has 26 heavy (non-hydrogen) atoms. The van der Waals surface area contributed by atoms with Crippen molar-refractivity contribution in [2.75, 3.05) is 26.3 Å². The Kier molecular flexibility index (Phi) is 4.92. The maximum atomic E-state index is 12.6. The molecule has 0 unspecified atom stereocenters. The number of amides is 1. The van der Waals surface area contributed by atoms with Gasteiger partial charge >= 0.3 is 0 Å². The summed E-state index contributed by atoms with van der Waals surface area (Å²) in [6.45, 7) is 2.31. The van der Waals surface area contributed by atoms with Gasteiger partial charge in [-0.25, -0.2) is 4.98 Å². The molecule has 1 aromatic heterocycles. The number of benzene rings is 2. The van der Waals surface area contributed by atoms with Gasteiger partial charge in [0.15, 0.2) is 5.58 Å². The van der Waals surface area contributed by atoms with Crippen LogP contribution in [0.25, 0.3) is 22.6 Å². The van der Waals surface area contributed by atoms with Gasteiger partial charge in [0, 0.05) is 24.2 Å². The van der Waals surface area contributed by atoms with Crippen LogP contribution < -0.4 is 0 Å². The molecular formula is C18H13BrCl2N2O3. The van der Waals surface area contributed by atoms with E-state index in [-0.39, 0.29) is 5.91 Å². The third-order valence-corrected chi connectivity index (χ3v) is 6.07. The van der Waals surface area contributed by atoms with E-state index in [1.165, 1.54) is 0 Å². The summed E-state index contributed by atoms with van der Waals surface area (Å²) in [7, 11) is 0. The molecule has 2 aromatic carbocycles. The number of morpholine rings is 1. The maximum Gasteiger partial charge on any atom is 0.254 e. The fourth-order valence-electron chi connectivity index (χ4n) is 2.81. The Labute approximate surface area is 168 Å². The SMILES string of the molecule is O=C(c1ccc2oc(-c3cc(Cl)c(Br)c(Cl)c3)nc2c1)N1CCOCC1. The second-order valence-electron chi connectivity index (χ2n) is 5.86. The fourth-order valence-corrected chi connectivity index (χ4v) is 3.53. The van der Waals surface area contributed by atoms with E-state index in [0.29, 0.717) is 68.9 Å². The first-order chi connectivity index (χ1) is 12.5. The molecular weight excluding hydrogens is 443 g/mol. The monoisotopic (exact) mass is 454 g/mol. The van der Waals surface area contributed by atoms with Crippen LogP contribution in [0.15, 0.2) is 39.2 Å². The molecule has 0 N–H and O–H groups in total. The minimum Gasteiger partial charge on any atom is -0.436 e. The third-order valence-electron chi connectivity index (χ3n) is 4.16. The third kappa shape index (κ3) is 3.34. The van der Waals surface area contributed by atoms with Gasteiger partial charge in [-0.15, -0.1) is 0 Å². The normalized spacial score (nSPS) is 14.8. The molecule has 8 heteroatoms. The number of hydrogen-bond acceptors (Lipinski definition) is 4. The van der Waals surface area contributed by atoms with Crippen molar-refractivity contribution in [2.45, 2.75) is 0 Å². The number of aromatic nitrogens is 1. The number of rotatable bonds is 2. The van der Waals surface area contributed by atoms with Crippen LogP contribution in [-0.4, -0.2) is 42.1 Å². The largest absolute Gasteiger partial charge is 0.436 e. The van der Waals surface area contributed by atoms with Gasteiger partial charge < -0.3 is 14.1 Å². The second-order valence-corrected chi connectivity index (χ2v) is 7.47. The summed E-state index contributed by atoms with van der Waals surface area (Å²) in [4.78, 5) is 18.9. The van der Waals surface area contributed by atoms with Crippen LogP contribution in [0, 0.1) is 0 Å². The van der Waals surface area contributed by atoms with Gasteiger partial charge in [0.2, 0.25) is 5.89 Å². The Morgan fingerprint density at radius 2 is 1.81 bits per heavy atom. The van der Waals surface area contributed by atoms with E-state index >= 15 is 0 Å². The van der Waals surface area contributed by atoms with Crippen molar-refractivity contribution in [1.29, 1.82) is 0 Å². The summed E-state index contributed by atoms with van der Waals surface area (Å²) in [5, 5.41) is 0.941. The Balaban J connectivity index is 1.69. The summed E-state index contributed by atoms with van der Waals surface area (Å²) in [5.41, 5.74) is 2.44. The van der Waals surface area contributed by atoms with Gasteiger partial charge in [-0.1, -0.05) is 23.2 Å². The van der Waals surface area contributed by atoms with Crippen molar-refractivity contribution in [3.8, 4) is 11.5 Å². The lowest BCUT2D eigenvalue weighted by Crippen LogP contribution is -2.40. The van der Waals surface area contributed by atoms with Crippen molar-refractivity contribution in [2.24, 2.45) is 0 Å². The van der Waals surface area contributed by atoms with E-state index in [1.807, 2.05) is 0 Å². The molecule has 4 rings (SSSR count).